The molecular formula is C41H61NO4S3. The number of thiol groups is 1. The molecule has 3 rings (SSSR count). The summed E-state index contributed by atoms with van der Waals surface area (Å²) in [5.41, 5.74) is 6.00. The van der Waals surface area contributed by atoms with Crippen molar-refractivity contribution >= 4 is 48.0 Å². The molecular weight excluding hydrogens is 667 g/mol. The molecule has 0 bridgehead atoms. The highest BCUT2D eigenvalue weighted by molar-refractivity contribution is 7.99. The topological polar surface area (TPSA) is 75.6 Å². The van der Waals surface area contributed by atoms with Gasteiger partial charge in [0.15, 0.2) is 0 Å². The average Bonchev–Trinajstić information content (AvgIpc) is 3.10. The van der Waals surface area contributed by atoms with Gasteiger partial charge in [-0.15, -0.1) is 0 Å². The van der Waals surface area contributed by atoms with Crippen molar-refractivity contribution in [2.24, 2.45) is 5.92 Å². The summed E-state index contributed by atoms with van der Waals surface area (Å²) in [6.07, 6.45) is 8.06. The van der Waals surface area contributed by atoms with Crippen LogP contribution in [0.2, 0.25) is 0 Å². The quantitative estimate of drug-likeness (QED) is 0.113. The van der Waals surface area contributed by atoms with Crippen molar-refractivity contribution in [3.8, 4) is 11.1 Å². The fourth-order valence-corrected chi connectivity index (χ4v) is 6.84. The number of amides is 1. The van der Waals surface area contributed by atoms with Gasteiger partial charge in [-0.25, -0.2) is 4.79 Å². The van der Waals surface area contributed by atoms with Crippen LogP contribution in [0.25, 0.3) is 11.1 Å². The third kappa shape index (κ3) is 18.4. The third-order valence-electron chi connectivity index (χ3n) is 8.14. The van der Waals surface area contributed by atoms with E-state index in [9.17, 15) is 14.7 Å². The van der Waals surface area contributed by atoms with Crippen molar-refractivity contribution in [1.29, 1.82) is 0 Å². The van der Waals surface area contributed by atoms with E-state index in [1.807, 2.05) is 49.6 Å². The number of hydrogen-bond donors (Lipinski definition) is 3. The minimum Gasteiger partial charge on any atom is -0.480 e. The number of carboxylic acids is 1. The number of benzene rings is 3. The third-order valence-corrected chi connectivity index (χ3v) is 10.6. The molecule has 3 aromatic carbocycles. The molecule has 0 fully saturated rings. The molecule has 0 aliphatic rings. The fraction of sp³-hybridized carbons (Fsp3) is 0.512. The first-order valence-corrected chi connectivity index (χ1v) is 20.5. The number of carbonyl (C=O) groups is 2. The van der Waals surface area contributed by atoms with E-state index >= 15 is 0 Å². The Morgan fingerprint density at radius 3 is 2.10 bits per heavy atom. The normalized spacial score (nSPS) is 13.1. The zero-order valence-corrected chi connectivity index (χ0v) is 33.6. The Morgan fingerprint density at radius 1 is 0.898 bits per heavy atom. The first-order chi connectivity index (χ1) is 23.5. The molecule has 5 nitrogen and oxygen atoms in total. The van der Waals surface area contributed by atoms with E-state index in [1.54, 1.807) is 24.9 Å². The average molecular weight is 728 g/mol. The van der Waals surface area contributed by atoms with E-state index < -0.39 is 12.0 Å². The van der Waals surface area contributed by atoms with Crippen molar-refractivity contribution in [1.82, 2.24) is 5.32 Å². The smallest absolute Gasteiger partial charge is 0.326 e. The van der Waals surface area contributed by atoms with Gasteiger partial charge < -0.3 is 15.2 Å². The van der Waals surface area contributed by atoms with Gasteiger partial charge in [-0.3, -0.25) is 4.79 Å². The van der Waals surface area contributed by atoms with Gasteiger partial charge in [0.1, 0.15) is 6.04 Å². The summed E-state index contributed by atoms with van der Waals surface area (Å²) < 4.78 is 5.21. The number of hydrogen-bond acceptors (Lipinski definition) is 6. The molecule has 1 amide bonds. The predicted octanol–water partition coefficient (Wildman–Crippen LogP) is 10.3. The molecule has 8 heteroatoms. The number of carbonyl (C=O) groups excluding carboxylic acids is 1. The van der Waals surface area contributed by atoms with Gasteiger partial charge in [0.2, 0.25) is 0 Å². The Labute approximate surface area is 311 Å². The van der Waals surface area contributed by atoms with Crippen molar-refractivity contribution < 1.29 is 19.4 Å². The lowest BCUT2D eigenvalue weighted by atomic mass is 9.93. The molecule has 0 saturated carbocycles. The van der Waals surface area contributed by atoms with Crippen LogP contribution in [0.1, 0.15) is 87.4 Å². The minimum atomic E-state index is -1.00. The maximum Gasteiger partial charge on any atom is 0.326 e. The molecule has 0 radical (unpaired) electrons. The summed E-state index contributed by atoms with van der Waals surface area (Å²) in [6.45, 7) is 13.7. The van der Waals surface area contributed by atoms with Gasteiger partial charge in [-0.05, 0) is 108 Å². The number of ether oxygens (including phenoxy) is 1. The van der Waals surface area contributed by atoms with Crippen LogP contribution >= 0.6 is 36.2 Å². The molecule has 0 aliphatic heterocycles. The molecule has 2 N–H and O–H groups in total. The van der Waals surface area contributed by atoms with Crippen molar-refractivity contribution in [2.45, 2.75) is 96.6 Å². The SMILES string of the molecule is CCC(C)S.CCC(CC(C)COC)SCCc1ccccc1.CCc1ccc(C(=O)NC(CCSC)C(=O)O)c(-c2ccccc2C)c1. The van der Waals surface area contributed by atoms with Crippen LogP contribution in [0.15, 0.2) is 72.8 Å². The van der Waals surface area contributed by atoms with E-state index in [0.717, 1.165) is 40.5 Å². The largest absolute Gasteiger partial charge is 0.480 e. The molecule has 272 valence electrons. The number of aryl methyl sites for hydroxylation is 3. The Kier molecular flexibility index (Phi) is 24.1. The maximum absolute atomic E-state index is 12.8. The molecule has 0 aromatic heterocycles. The van der Waals surface area contributed by atoms with Crippen molar-refractivity contribution in [3.63, 3.8) is 0 Å². The molecule has 4 atom stereocenters. The monoisotopic (exact) mass is 727 g/mol. The van der Waals surface area contributed by atoms with Crippen LogP contribution in [0.5, 0.6) is 0 Å². The van der Waals surface area contributed by atoms with E-state index in [2.05, 4.69) is 94.7 Å². The summed E-state index contributed by atoms with van der Waals surface area (Å²) in [7, 11) is 1.79. The summed E-state index contributed by atoms with van der Waals surface area (Å²) in [6, 6.07) is 23.5. The van der Waals surface area contributed by atoms with Crippen LogP contribution in [0, 0.1) is 12.8 Å². The van der Waals surface area contributed by atoms with Crippen LogP contribution in [-0.2, 0) is 22.4 Å². The Hall–Kier alpha value is -2.39. The zero-order chi connectivity index (χ0) is 36.6. The molecule has 3 aromatic rings. The van der Waals surface area contributed by atoms with Gasteiger partial charge in [-0.2, -0.15) is 36.2 Å². The van der Waals surface area contributed by atoms with Gasteiger partial charge in [-0.1, -0.05) is 101 Å². The second-order valence-electron chi connectivity index (χ2n) is 12.4. The molecule has 4 unspecified atom stereocenters. The summed E-state index contributed by atoms with van der Waals surface area (Å²) in [5.74, 6) is 1.22. The van der Waals surface area contributed by atoms with Gasteiger partial charge in [0.25, 0.3) is 5.91 Å². The minimum absolute atomic E-state index is 0.348. The number of methoxy groups -OCH3 is 1. The number of thioether (sulfide) groups is 2. The van der Waals surface area contributed by atoms with E-state index in [-0.39, 0.29) is 5.91 Å². The maximum atomic E-state index is 12.8. The van der Waals surface area contributed by atoms with Crippen LogP contribution in [0.3, 0.4) is 0 Å². The fourth-order valence-electron chi connectivity index (χ4n) is 4.98. The lowest BCUT2D eigenvalue weighted by Crippen LogP contribution is -2.41. The lowest BCUT2D eigenvalue weighted by molar-refractivity contribution is -0.139. The van der Waals surface area contributed by atoms with Crippen molar-refractivity contribution in [2.75, 3.05) is 31.5 Å². The Bertz CT molecular complexity index is 1340. The number of nitrogens with one attached hydrogen (secondary N) is 1. The Morgan fingerprint density at radius 2 is 1.55 bits per heavy atom. The van der Waals surface area contributed by atoms with E-state index in [0.29, 0.717) is 28.9 Å². The van der Waals surface area contributed by atoms with Crippen LogP contribution in [0.4, 0.5) is 0 Å². The van der Waals surface area contributed by atoms with Gasteiger partial charge in [0.05, 0.1) is 0 Å². The highest BCUT2D eigenvalue weighted by Gasteiger charge is 2.22. The highest BCUT2D eigenvalue weighted by atomic mass is 32.2. The highest BCUT2D eigenvalue weighted by Crippen LogP contribution is 2.29. The zero-order valence-electron chi connectivity index (χ0n) is 31.0. The van der Waals surface area contributed by atoms with E-state index in [1.165, 1.54) is 37.0 Å². The molecule has 0 spiro atoms. The Balaban J connectivity index is 0.000000452. The molecule has 0 saturated heterocycles. The van der Waals surface area contributed by atoms with Crippen molar-refractivity contribution in [3.05, 3.63) is 95.1 Å². The lowest BCUT2D eigenvalue weighted by Gasteiger charge is -2.18. The molecule has 0 heterocycles. The first-order valence-electron chi connectivity index (χ1n) is 17.5. The summed E-state index contributed by atoms with van der Waals surface area (Å²) in [5, 5.41) is 13.4. The second-order valence-corrected chi connectivity index (χ2v) is 15.7. The number of rotatable bonds is 18. The number of aliphatic carboxylic acids is 1. The molecule has 0 aliphatic carbocycles. The standard InChI is InChI=1S/C21H25NO3S.C16H26OS.C4H10S/c1-4-15-9-10-17(18(13-15)16-8-6-5-7-14(16)2)20(23)22-19(21(24)25)11-12-26-3;1-4-16(12-14(2)13-17-3)18-11-10-15-8-6-5-7-9-15;1-3-4(2)5/h5-10,13,19H,4,11-12H2,1-3H3,(H,22,23)(H,24,25);5-9,14,16H,4,10-13H2,1-3H3;4-5H,3H2,1-2H3. The second kappa shape index (κ2) is 26.4. The van der Waals surface area contributed by atoms with Gasteiger partial charge >= 0.3 is 5.97 Å². The van der Waals surface area contributed by atoms with Crippen LogP contribution in [-0.4, -0.2) is 65.0 Å². The summed E-state index contributed by atoms with van der Waals surface area (Å²) >= 11 is 7.78. The van der Waals surface area contributed by atoms with Crippen LogP contribution < -0.4 is 5.32 Å². The predicted molar refractivity (Wildman–Crippen MR) is 219 cm³/mol. The molecule has 49 heavy (non-hydrogen) atoms. The number of carboxylic acid groups (broad SMARTS) is 1. The first kappa shape index (κ1) is 44.6. The summed E-state index contributed by atoms with van der Waals surface area (Å²) in [4.78, 5) is 24.3. The van der Waals surface area contributed by atoms with Gasteiger partial charge in [0, 0.05) is 24.5 Å². The van der Waals surface area contributed by atoms with E-state index in [4.69, 9.17) is 4.74 Å².